The number of aromatic nitrogens is 4. The Kier molecular flexibility index (Phi) is 6.23. The van der Waals surface area contributed by atoms with Crippen LogP contribution < -0.4 is 10.1 Å². The van der Waals surface area contributed by atoms with Gasteiger partial charge >= 0.3 is 6.36 Å². The summed E-state index contributed by atoms with van der Waals surface area (Å²) in [5.74, 6) is -1.24. The van der Waals surface area contributed by atoms with Gasteiger partial charge in [0.15, 0.2) is 0 Å². The van der Waals surface area contributed by atoms with Crippen molar-refractivity contribution in [2.45, 2.75) is 19.8 Å². The maximum atomic E-state index is 12.5. The molecule has 0 saturated carbocycles. The van der Waals surface area contributed by atoms with Gasteiger partial charge in [0.2, 0.25) is 0 Å². The van der Waals surface area contributed by atoms with Gasteiger partial charge in [-0.05, 0) is 52.7 Å². The highest BCUT2D eigenvalue weighted by Gasteiger charge is 2.32. The molecule has 0 saturated heterocycles. The summed E-state index contributed by atoms with van der Waals surface area (Å²) in [7, 11) is 0. The number of benzene rings is 1. The number of halogens is 4. The number of para-hydroxylation sites is 1. The molecule has 0 fully saturated rings. The van der Waals surface area contributed by atoms with E-state index >= 15 is 0 Å². The highest BCUT2D eigenvalue weighted by molar-refractivity contribution is 14.2. The van der Waals surface area contributed by atoms with E-state index in [9.17, 15) is 18.0 Å². The van der Waals surface area contributed by atoms with E-state index in [0.29, 0.717) is 12.1 Å². The standard InChI is InChI=1S/C16H14F3IN5O2P/c1-9-7-22-23-14(9)12-6-10(24-25(12)28-20)8-21-15(26)11-4-2-3-5-13(11)27-16(17,18)19/h2-7,28H,8H2,1H3,(H,21,26)(H,22,23). The number of hydrogen-bond donors (Lipinski definition) is 2. The number of hydrogen-bond acceptors (Lipinski definition) is 4. The fourth-order valence-electron chi connectivity index (χ4n) is 2.50. The Morgan fingerprint density at radius 2 is 2.14 bits per heavy atom. The van der Waals surface area contributed by atoms with Crippen LogP contribution in [0.2, 0.25) is 0 Å². The quantitative estimate of drug-likeness (QED) is 0.375. The average molecular weight is 523 g/mol. The molecule has 0 aliphatic rings. The number of ether oxygens (including phenoxy) is 1. The molecule has 28 heavy (non-hydrogen) atoms. The second-order valence-electron chi connectivity index (χ2n) is 5.67. The fraction of sp³-hybridized carbons (Fsp3) is 0.188. The zero-order chi connectivity index (χ0) is 20.3. The van der Waals surface area contributed by atoms with E-state index in [-0.39, 0.29) is 12.1 Å². The smallest absolute Gasteiger partial charge is 0.405 e. The van der Waals surface area contributed by atoms with Crippen molar-refractivity contribution in [3.8, 4) is 17.1 Å². The van der Waals surface area contributed by atoms with Gasteiger partial charge in [0.1, 0.15) is 5.75 Å². The molecule has 3 rings (SSSR count). The molecular weight excluding hydrogens is 509 g/mol. The Hall–Kier alpha value is -2.14. The molecule has 0 bridgehead atoms. The number of rotatable bonds is 6. The van der Waals surface area contributed by atoms with Gasteiger partial charge in [0.25, 0.3) is 5.91 Å². The molecule has 1 aromatic carbocycles. The molecule has 0 radical (unpaired) electrons. The normalized spacial score (nSPS) is 11.9. The molecule has 3 aromatic rings. The van der Waals surface area contributed by atoms with Crippen molar-refractivity contribution >= 4 is 34.3 Å². The minimum absolute atomic E-state index is 0.0491. The van der Waals surface area contributed by atoms with E-state index in [2.05, 4.69) is 47.4 Å². The number of nitrogens with one attached hydrogen (secondary N) is 2. The fourth-order valence-corrected chi connectivity index (χ4v) is 4.04. The number of carbonyl (C=O) groups is 1. The van der Waals surface area contributed by atoms with Gasteiger partial charge in [0, 0.05) is 0 Å². The van der Waals surface area contributed by atoms with Crippen LogP contribution in [0.3, 0.4) is 0 Å². The van der Waals surface area contributed by atoms with E-state index in [1.54, 1.807) is 16.7 Å². The van der Waals surface area contributed by atoms with Crippen LogP contribution >= 0.6 is 28.4 Å². The second kappa shape index (κ2) is 8.48. The summed E-state index contributed by atoms with van der Waals surface area (Å²) < 4.78 is 43.2. The minimum Gasteiger partial charge on any atom is -0.405 e. The topological polar surface area (TPSA) is 84.8 Å². The Bertz CT molecular complexity index is 989. The lowest BCUT2D eigenvalue weighted by Gasteiger charge is -2.12. The van der Waals surface area contributed by atoms with Crippen LogP contribution in [0.15, 0.2) is 36.5 Å². The molecule has 1 atom stereocenters. The van der Waals surface area contributed by atoms with Crippen LogP contribution in [0.4, 0.5) is 13.2 Å². The summed E-state index contributed by atoms with van der Waals surface area (Å²) in [5.41, 5.74) is 2.94. The van der Waals surface area contributed by atoms with Crippen LogP contribution in [-0.2, 0) is 6.54 Å². The molecule has 2 heterocycles. The van der Waals surface area contributed by atoms with Gasteiger partial charge in [-0.2, -0.15) is 10.2 Å². The van der Waals surface area contributed by atoms with Crippen LogP contribution in [0, 0.1) is 6.92 Å². The number of nitrogens with zero attached hydrogens (tertiary/aromatic N) is 3. The van der Waals surface area contributed by atoms with E-state index < -0.39 is 18.0 Å². The van der Waals surface area contributed by atoms with Gasteiger partial charge in [0.05, 0.1) is 41.8 Å². The molecule has 0 aliphatic heterocycles. The third kappa shape index (κ3) is 4.82. The van der Waals surface area contributed by atoms with Crippen molar-refractivity contribution in [2.24, 2.45) is 0 Å². The predicted octanol–water partition coefficient (Wildman–Crippen LogP) is 4.20. The predicted molar refractivity (Wildman–Crippen MR) is 107 cm³/mol. The first-order valence-corrected chi connectivity index (χ1v) is 11.9. The molecule has 1 amide bonds. The highest BCUT2D eigenvalue weighted by atomic mass is 127. The number of amides is 1. The maximum Gasteiger partial charge on any atom is 0.573 e. The highest BCUT2D eigenvalue weighted by Crippen LogP contribution is 2.32. The van der Waals surface area contributed by atoms with Crippen molar-refractivity contribution in [3.63, 3.8) is 0 Å². The van der Waals surface area contributed by atoms with Crippen LogP contribution in [0.1, 0.15) is 21.6 Å². The van der Waals surface area contributed by atoms with Crippen LogP contribution in [-0.4, -0.2) is 32.0 Å². The molecule has 0 spiro atoms. The summed E-state index contributed by atoms with van der Waals surface area (Å²) in [5, 5.41) is 13.9. The van der Waals surface area contributed by atoms with Gasteiger partial charge in [-0.3, -0.25) is 9.89 Å². The Balaban J connectivity index is 1.76. The van der Waals surface area contributed by atoms with Gasteiger partial charge < -0.3 is 10.1 Å². The number of alkyl halides is 3. The average Bonchev–Trinajstić information content (AvgIpc) is 3.24. The number of aryl methyl sites for hydroxylation is 1. The van der Waals surface area contributed by atoms with Gasteiger partial charge in [-0.15, -0.1) is 13.2 Å². The van der Waals surface area contributed by atoms with Gasteiger partial charge in [-0.25, -0.2) is 4.45 Å². The lowest BCUT2D eigenvalue weighted by molar-refractivity contribution is -0.274. The van der Waals surface area contributed by atoms with E-state index in [1.165, 1.54) is 18.2 Å². The minimum atomic E-state index is -4.88. The first-order chi connectivity index (χ1) is 13.3. The molecule has 0 aliphatic carbocycles. The summed E-state index contributed by atoms with van der Waals surface area (Å²) in [6, 6.07) is 6.97. The summed E-state index contributed by atoms with van der Waals surface area (Å²) in [6.07, 6.45) is -2.87. The van der Waals surface area contributed by atoms with Crippen LogP contribution in [0.5, 0.6) is 5.75 Å². The molecule has 12 heteroatoms. The Morgan fingerprint density at radius 3 is 2.79 bits per heavy atom. The first kappa shape index (κ1) is 20.6. The first-order valence-electron chi connectivity index (χ1n) is 7.87. The summed E-state index contributed by atoms with van der Waals surface area (Å²) in [6.45, 7) is 1.96. The van der Waals surface area contributed by atoms with Crippen LogP contribution in [0.25, 0.3) is 11.4 Å². The van der Waals surface area contributed by atoms with Gasteiger partial charge in [-0.1, -0.05) is 12.1 Å². The molecular formula is C16H14F3IN5O2P. The molecule has 148 valence electrons. The lowest BCUT2D eigenvalue weighted by Crippen LogP contribution is -2.25. The molecule has 2 N–H and O–H groups in total. The molecule has 1 unspecified atom stereocenters. The zero-order valence-electron chi connectivity index (χ0n) is 14.3. The third-order valence-electron chi connectivity index (χ3n) is 3.71. The Morgan fingerprint density at radius 1 is 1.39 bits per heavy atom. The van der Waals surface area contributed by atoms with E-state index in [1.807, 2.05) is 6.92 Å². The van der Waals surface area contributed by atoms with Crippen molar-refractivity contribution < 1.29 is 22.7 Å². The maximum absolute atomic E-state index is 12.5. The SMILES string of the molecule is Cc1cn[nH]c1-c1cc(CNC(=O)c2ccccc2OC(F)(F)F)nn1PI. The van der Waals surface area contributed by atoms with Crippen molar-refractivity contribution in [1.82, 2.24) is 25.1 Å². The second-order valence-corrected chi connectivity index (χ2v) is 7.71. The number of H-pyrrole nitrogens is 1. The molecule has 2 aromatic heterocycles. The summed E-state index contributed by atoms with van der Waals surface area (Å²) >= 11 is 2.18. The Labute approximate surface area is 172 Å². The van der Waals surface area contributed by atoms with Crippen molar-refractivity contribution in [1.29, 1.82) is 0 Å². The third-order valence-corrected chi connectivity index (χ3v) is 5.58. The monoisotopic (exact) mass is 523 g/mol. The van der Waals surface area contributed by atoms with E-state index in [4.69, 9.17) is 0 Å². The molecule has 7 nitrogen and oxygen atoms in total. The lowest BCUT2D eigenvalue weighted by atomic mass is 10.2. The van der Waals surface area contributed by atoms with E-state index in [0.717, 1.165) is 23.0 Å². The van der Waals surface area contributed by atoms with Crippen molar-refractivity contribution in [3.05, 3.63) is 53.3 Å². The number of aromatic amines is 1. The summed E-state index contributed by atoms with van der Waals surface area (Å²) in [4.78, 5) is 12.4. The largest absolute Gasteiger partial charge is 0.573 e. The van der Waals surface area contributed by atoms with Crippen molar-refractivity contribution in [2.75, 3.05) is 0 Å². The number of carbonyl (C=O) groups excluding carboxylic acids is 1. The zero-order valence-corrected chi connectivity index (χ0v) is 17.5.